The number of hydrogen-bond donors (Lipinski definition) is 0. The summed E-state index contributed by atoms with van der Waals surface area (Å²) < 4.78 is 0. The lowest BCUT2D eigenvalue weighted by Crippen LogP contribution is -2.23. The van der Waals surface area contributed by atoms with Gasteiger partial charge in [0.15, 0.2) is 0 Å². The largest absolute Gasteiger partial charge is 0.310 e. The van der Waals surface area contributed by atoms with Gasteiger partial charge in [-0.25, -0.2) is 0 Å². The fraction of sp³-hybridized carbons (Fsp3) is 0.115. The molecule has 0 aliphatic heterocycles. The topological polar surface area (TPSA) is 6.48 Å². The van der Waals surface area contributed by atoms with E-state index in [-0.39, 0.29) is 0 Å². The molecule has 1 aliphatic rings. The van der Waals surface area contributed by atoms with E-state index in [1.807, 2.05) is 12.2 Å². The minimum atomic E-state index is -0.397. The number of fused-ring (bicyclic) bond motifs is 3. The van der Waals surface area contributed by atoms with Crippen LogP contribution < -0.4 is 9.80 Å². The minimum absolute atomic E-state index is 0.397. The van der Waals surface area contributed by atoms with Crippen LogP contribution in [-0.2, 0) is 18.3 Å². The van der Waals surface area contributed by atoms with Crippen LogP contribution in [0.4, 0.5) is 34.1 Å². The molecule has 0 fully saturated rings. The quantitative estimate of drug-likeness (QED) is 0.111. The van der Waals surface area contributed by atoms with Gasteiger partial charge in [0.05, 0.1) is 0 Å². The number of aryl methyl sites for hydroxylation is 2. The van der Waals surface area contributed by atoms with Crippen molar-refractivity contribution in [2.45, 2.75) is 38.0 Å². The molecule has 0 N–H and O–H groups in total. The Hall–Kier alpha value is -6.38. The zero-order valence-corrected chi connectivity index (χ0v) is 31.0. The number of rotatable bonds is 13. The maximum atomic E-state index is 3.92. The van der Waals surface area contributed by atoms with Crippen molar-refractivity contribution in [3.63, 3.8) is 0 Å². The number of benzene rings is 7. The van der Waals surface area contributed by atoms with E-state index in [2.05, 4.69) is 206 Å². The van der Waals surface area contributed by atoms with Crippen molar-refractivity contribution in [2.24, 2.45) is 0 Å². The molecule has 0 atom stereocenters. The van der Waals surface area contributed by atoms with Gasteiger partial charge in [0.2, 0.25) is 0 Å². The molecule has 0 unspecified atom stereocenters. The Morgan fingerprint density at radius 1 is 0.426 bits per heavy atom. The second-order valence-corrected chi connectivity index (χ2v) is 14.3. The molecular weight excluding hydrogens is 653 g/mol. The van der Waals surface area contributed by atoms with Crippen LogP contribution in [0.5, 0.6) is 0 Å². The summed E-state index contributed by atoms with van der Waals surface area (Å²) in [6, 6.07) is 64.5. The summed E-state index contributed by atoms with van der Waals surface area (Å²) in [7, 11) is 0. The Bertz CT molecular complexity index is 2210. The summed E-state index contributed by atoms with van der Waals surface area (Å²) in [5.41, 5.74) is 15.5. The summed E-state index contributed by atoms with van der Waals surface area (Å²) in [5, 5.41) is 0. The van der Waals surface area contributed by atoms with Crippen LogP contribution in [0.2, 0.25) is 0 Å². The zero-order chi connectivity index (χ0) is 36.9. The van der Waals surface area contributed by atoms with Crippen molar-refractivity contribution in [2.75, 3.05) is 9.80 Å². The normalized spacial score (nSPS) is 12.4. The highest BCUT2D eigenvalue weighted by Crippen LogP contribution is 2.55. The van der Waals surface area contributed by atoms with Gasteiger partial charge in [-0.15, -0.1) is 13.2 Å². The van der Waals surface area contributed by atoms with E-state index in [1.165, 1.54) is 38.9 Å². The fourth-order valence-corrected chi connectivity index (χ4v) is 8.08. The van der Waals surface area contributed by atoms with Crippen LogP contribution in [0.15, 0.2) is 201 Å². The van der Waals surface area contributed by atoms with Crippen LogP contribution in [-0.4, -0.2) is 0 Å². The number of anilines is 6. The van der Waals surface area contributed by atoms with Gasteiger partial charge in [0.25, 0.3) is 0 Å². The Morgan fingerprint density at radius 2 is 0.778 bits per heavy atom. The number of hydrogen-bond acceptors (Lipinski definition) is 2. The summed E-state index contributed by atoms with van der Waals surface area (Å²) in [6.45, 7) is 10.2. The molecule has 1 aliphatic carbocycles. The molecule has 0 spiro atoms. The molecule has 2 heteroatoms. The first-order valence-electron chi connectivity index (χ1n) is 19.0. The molecule has 0 aromatic heterocycles. The van der Waals surface area contributed by atoms with Gasteiger partial charge in [-0.3, -0.25) is 0 Å². The van der Waals surface area contributed by atoms with E-state index in [9.17, 15) is 0 Å². The maximum absolute atomic E-state index is 3.92. The summed E-state index contributed by atoms with van der Waals surface area (Å²) in [4.78, 5) is 4.76. The van der Waals surface area contributed by atoms with E-state index in [0.29, 0.717) is 0 Å². The first kappa shape index (κ1) is 34.7. The first-order valence-corrected chi connectivity index (χ1v) is 19.0. The van der Waals surface area contributed by atoms with Crippen molar-refractivity contribution in [1.29, 1.82) is 0 Å². The molecule has 54 heavy (non-hydrogen) atoms. The molecule has 0 saturated heterocycles. The van der Waals surface area contributed by atoms with Crippen LogP contribution in [0.1, 0.15) is 47.6 Å². The molecule has 0 radical (unpaired) electrons. The van der Waals surface area contributed by atoms with Gasteiger partial charge < -0.3 is 9.80 Å². The Morgan fingerprint density at radius 3 is 1.17 bits per heavy atom. The molecule has 0 heterocycles. The maximum Gasteiger partial charge on any atom is 0.0465 e. The predicted octanol–water partition coefficient (Wildman–Crippen LogP) is 14.2. The van der Waals surface area contributed by atoms with Gasteiger partial charge in [-0.1, -0.05) is 115 Å². The van der Waals surface area contributed by atoms with Crippen molar-refractivity contribution in [3.05, 3.63) is 229 Å². The highest BCUT2D eigenvalue weighted by molar-refractivity contribution is 5.89. The molecule has 0 amide bonds. The third kappa shape index (κ3) is 6.57. The van der Waals surface area contributed by atoms with Crippen molar-refractivity contribution >= 4 is 34.1 Å². The van der Waals surface area contributed by atoms with E-state index in [1.54, 1.807) is 0 Å². The van der Waals surface area contributed by atoms with Gasteiger partial charge in [-0.05, 0) is 144 Å². The van der Waals surface area contributed by atoms with Crippen molar-refractivity contribution in [3.8, 4) is 11.1 Å². The summed E-state index contributed by atoms with van der Waals surface area (Å²) in [5.74, 6) is 0. The molecular formula is C52H46N2. The van der Waals surface area contributed by atoms with Crippen LogP contribution in [0, 0.1) is 0 Å². The second kappa shape index (κ2) is 15.3. The highest BCUT2D eigenvalue weighted by atomic mass is 15.1. The highest BCUT2D eigenvalue weighted by Gasteiger charge is 2.41. The first-order chi connectivity index (χ1) is 26.6. The third-order valence-corrected chi connectivity index (χ3v) is 10.9. The monoisotopic (exact) mass is 698 g/mol. The number of para-hydroxylation sites is 2. The standard InChI is InChI=1S/C52H46N2/c1-4-6-17-39-25-29-44(30-26-39)53(42-21-13-9-14-22-42)46-33-35-48-49-36-34-47(38-51(49)52(3,50(48)37-46)41-19-11-8-12-20-41)54(43-23-15-10-16-24-43)45-31-27-40(28-32-45)18-7-5-2/h4-5,8-16,19-38H,1-2,6-7,17-18H2,3H3. The van der Waals surface area contributed by atoms with E-state index < -0.39 is 5.41 Å². The molecule has 8 rings (SSSR count). The summed E-state index contributed by atoms with van der Waals surface area (Å²) in [6.07, 6.45) is 7.90. The van der Waals surface area contributed by atoms with E-state index >= 15 is 0 Å². The lowest BCUT2D eigenvalue weighted by Gasteiger charge is -2.32. The third-order valence-electron chi connectivity index (χ3n) is 10.9. The molecule has 0 saturated carbocycles. The average molecular weight is 699 g/mol. The van der Waals surface area contributed by atoms with Gasteiger partial charge >= 0.3 is 0 Å². The second-order valence-electron chi connectivity index (χ2n) is 14.3. The SMILES string of the molecule is C=CCCc1ccc(N(c2ccccc2)c2ccc3c(c2)C(C)(c2ccccc2)c2cc(N(c4ccccc4)c4ccc(CCC=C)cc4)ccc2-3)cc1. The summed E-state index contributed by atoms with van der Waals surface area (Å²) >= 11 is 0. The molecule has 2 nitrogen and oxygen atoms in total. The average Bonchev–Trinajstić information content (AvgIpc) is 3.49. The number of allylic oxidation sites excluding steroid dienone is 2. The molecule has 7 aromatic carbocycles. The molecule has 0 bridgehead atoms. The molecule has 264 valence electrons. The van der Waals surface area contributed by atoms with Crippen LogP contribution in [0.25, 0.3) is 11.1 Å². The smallest absolute Gasteiger partial charge is 0.0465 e. The zero-order valence-electron chi connectivity index (χ0n) is 31.0. The van der Waals surface area contributed by atoms with E-state index in [4.69, 9.17) is 0 Å². The Kier molecular flexibility index (Phi) is 9.83. The lowest BCUT2D eigenvalue weighted by atomic mass is 9.74. The minimum Gasteiger partial charge on any atom is -0.310 e. The van der Waals surface area contributed by atoms with E-state index in [0.717, 1.165) is 59.8 Å². The van der Waals surface area contributed by atoms with Crippen molar-refractivity contribution < 1.29 is 0 Å². The number of nitrogens with zero attached hydrogens (tertiary/aromatic N) is 2. The van der Waals surface area contributed by atoms with Crippen LogP contribution in [0.3, 0.4) is 0 Å². The van der Waals surface area contributed by atoms with Gasteiger partial charge in [0, 0.05) is 39.5 Å². The fourth-order valence-electron chi connectivity index (χ4n) is 8.08. The van der Waals surface area contributed by atoms with Gasteiger partial charge in [0.1, 0.15) is 0 Å². The van der Waals surface area contributed by atoms with Crippen molar-refractivity contribution in [1.82, 2.24) is 0 Å². The lowest BCUT2D eigenvalue weighted by molar-refractivity contribution is 0.714. The Balaban J connectivity index is 1.27. The predicted molar refractivity (Wildman–Crippen MR) is 230 cm³/mol. The molecule has 7 aromatic rings. The van der Waals surface area contributed by atoms with Crippen LogP contribution >= 0.6 is 0 Å². The Labute approximate surface area is 321 Å². The van der Waals surface area contributed by atoms with Gasteiger partial charge in [-0.2, -0.15) is 0 Å².